The van der Waals surface area contributed by atoms with Crippen molar-refractivity contribution >= 4 is 23.8 Å². The van der Waals surface area contributed by atoms with E-state index in [4.69, 9.17) is 5.11 Å². The Morgan fingerprint density at radius 3 is 2.74 bits per heavy atom. The van der Waals surface area contributed by atoms with Crippen LogP contribution in [0.15, 0.2) is 0 Å². The Morgan fingerprint density at radius 1 is 1.47 bits per heavy atom. The van der Waals surface area contributed by atoms with Crippen LogP contribution in [-0.4, -0.2) is 53.1 Å². The number of rotatable bonds is 5. The number of thioether (sulfide) groups is 1. The molecular formula is C13H24N2O3S. The fourth-order valence-electron chi connectivity index (χ4n) is 2.35. The summed E-state index contributed by atoms with van der Waals surface area (Å²) in [5.41, 5.74) is 0. The number of carbonyl (C=O) groups is 2. The van der Waals surface area contributed by atoms with Crippen molar-refractivity contribution in [1.29, 1.82) is 0 Å². The van der Waals surface area contributed by atoms with Crippen LogP contribution in [0.4, 0.5) is 4.79 Å². The molecule has 1 fully saturated rings. The number of hydrogen-bond donors (Lipinski definition) is 2. The molecule has 0 spiro atoms. The predicted molar refractivity (Wildman–Crippen MR) is 77.5 cm³/mol. The van der Waals surface area contributed by atoms with Gasteiger partial charge in [-0.25, -0.2) is 4.79 Å². The van der Waals surface area contributed by atoms with Crippen molar-refractivity contribution < 1.29 is 14.7 Å². The number of carboxylic acids is 1. The van der Waals surface area contributed by atoms with Gasteiger partial charge in [0, 0.05) is 24.9 Å². The van der Waals surface area contributed by atoms with E-state index in [1.54, 1.807) is 14.0 Å². The molecule has 1 aliphatic carbocycles. The van der Waals surface area contributed by atoms with Gasteiger partial charge in [0.15, 0.2) is 0 Å². The van der Waals surface area contributed by atoms with Crippen LogP contribution in [0.25, 0.3) is 0 Å². The summed E-state index contributed by atoms with van der Waals surface area (Å²) >= 11 is 1.86. The monoisotopic (exact) mass is 288 g/mol. The van der Waals surface area contributed by atoms with Gasteiger partial charge >= 0.3 is 12.0 Å². The van der Waals surface area contributed by atoms with Crippen LogP contribution in [0.5, 0.6) is 0 Å². The van der Waals surface area contributed by atoms with E-state index in [1.807, 2.05) is 11.8 Å². The van der Waals surface area contributed by atoms with Gasteiger partial charge in [0.05, 0.1) is 5.92 Å². The molecule has 0 radical (unpaired) electrons. The number of hydrogen-bond acceptors (Lipinski definition) is 3. The topological polar surface area (TPSA) is 69.6 Å². The fraction of sp³-hybridized carbons (Fsp3) is 0.846. The molecule has 0 saturated heterocycles. The van der Waals surface area contributed by atoms with E-state index in [9.17, 15) is 9.59 Å². The molecule has 0 aromatic carbocycles. The van der Waals surface area contributed by atoms with Crippen LogP contribution in [0.3, 0.4) is 0 Å². The van der Waals surface area contributed by atoms with Crippen molar-refractivity contribution in [3.05, 3.63) is 0 Å². The predicted octanol–water partition coefficient (Wildman–Crippen LogP) is 2.02. The van der Waals surface area contributed by atoms with Crippen molar-refractivity contribution in [3.8, 4) is 0 Å². The van der Waals surface area contributed by atoms with E-state index in [0.29, 0.717) is 5.25 Å². The Morgan fingerprint density at radius 2 is 2.16 bits per heavy atom. The van der Waals surface area contributed by atoms with E-state index < -0.39 is 11.9 Å². The van der Waals surface area contributed by atoms with E-state index in [0.717, 1.165) is 19.3 Å². The highest BCUT2D eigenvalue weighted by atomic mass is 32.2. The summed E-state index contributed by atoms with van der Waals surface area (Å²) in [7, 11) is 1.64. The van der Waals surface area contributed by atoms with Crippen molar-refractivity contribution in [3.63, 3.8) is 0 Å². The lowest BCUT2D eigenvalue weighted by atomic mass is 9.95. The average molecular weight is 288 g/mol. The van der Waals surface area contributed by atoms with Gasteiger partial charge in [-0.2, -0.15) is 11.8 Å². The quantitative estimate of drug-likeness (QED) is 0.812. The highest BCUT2D eigenvalue weighted by Crippen LogP contribution is 2.26. The first-order valence-electron chi connectivity index (χ1n) is 6.71. The smallest absolute Gasteiger partial charge is 0.317 e. The third-order valence-corrected chi connectivity index (χ3v) is 4.70. The van der Waals surface area contributed by atoms with Gasteiger partial charge in [0.2, 0.25) is 0 Å². The van der Waals surface area contributed by atoms with Crippen molar-refractivity contribution in [2.75, 3.05) is 19.8 Å². The maximum Gasteiger partial charge on any atom is 0.317 e. The third-order valence-electron chi connectivity index (χ3n) is 3.60. The number of amides is 2. The van der Waals surface area contributed by atoms with Crippen LogP contribution >= 0.6 is 11.8 Å². The first-order chi connectivity index (χ1) is 8.93. The normalized spacial score (nSPS) is 24.6. The zero-order chi connectivity index (χ0) is 14.4. The number of nitrogens with zero attached hydrogens (tertiary/aromatic N) is 1. The summed E-state index contributed by atoms with van der Waals surface area (Å²) in [6, 6.07) is 0.0566. The summed E-state index contributed by atoms with van der Waals surface area (Å²) in [6.45, 7) is 1.84. The third kappa shape index (κ3) is 5.30. The van der Waals surface area contributed by atoms with E-state index in [-0.39, 0.29) is 18.6 Å². The molecule has 3 unspecified atom stereocenters. The van der Waals surface area contributed by atoms with Crippen molar-refractivity contribution in [2.24, 2.45) is 5.92 Å². The standard InChI is InChI=1S/C13H24N2O3S/c1-9(12(16)17)8-15(2)13(18)14-10-5-4-6-11(7-10)19-3/h9-11H,4-8H2,1-3H3,(H,14,18)(H,16,17). The minimum atomic E-state index is -0.875. The lowest BCUT2D eigenvalue weighted by Crippen LogP contribution is -2.46. The fourth-order valence-corrected chi connectivity index (χ4v) is 3.17. The molecule has 1 aliphatic rings. The lowest BCUT2D eigenvalue weighted by molar-refractivity contribution is -0.141. The Labute approximate surface area is 119 Å². The molecule has 5 nitrogen and oxygen atoms in total. The van der Waals surface area contributed by atoms with Gasteiger partial charge in [-0.05, 0) is 25.5 Å². The molecule has 2 N–H and O–H groups in total. The van der Waals surface area contributed by atoms with Gasteiger partial charge in [-0.15, -0.1) is 0 Å². The molecule has 1 rings (SSSR count). The van der Waals surface area contributed by atoms with Gasteiger partial charge in [-0.3, -0.25) is 4.79 Å². The van der Waals surface area contributed by atoms with E-state index in [1.165, 1.54) is 11.3 Å². The number of nitrogens with one attached hydrogen (secondary N) is 1. The Balaban J connectivity index is 2.39. The summed E-state index contributed by atoms with van der Waals surface area (Å²) in [6.07, 6.45) is 6.50. The van der Waals surface area contributed by atoms with Crippen LogP contribution in [0.2, 0.25) is 0 Å². The second-order valence-electron chi connectivity index (χ2n) is 5.29. The minimum absolute atomic E-state index is 0.167. The van der Waals surface area contributed by atoms with Crippen LogP contribution in [0, 0.1) is 5.92 Å². The first kappa shape index (κ1) is 16.1. The summed E-state index contributed by atoms with van der Waals surface area (Å²) in [4.78, 5) is 24.2. The van der Waals surface area contributed by atoms with Gasteiger partial charge in [0.1, 0.15) is 0 Å². The Kier molecular flexibility index (Phi) is 6.48. The maximum atomic E-state index is 12.0. The van der Waals surface area contributed by atoms with Gasteiger partial charge < -0.3 is 15.3 Å². The molecule has 0 bridgehead atoms. The second-order valence-corrected chi connectivity index (χ2v) is 6.43. The maximum absolute atomic E-state index is 12.0. The molecule has 0 aromatic heterocycles. The molecule has 110 valence electrons. The van der Waals surface area contributed by atoms with E-state index >= 15 is 0 Å². The van der Waals surface area contributed by atoms with Crippen LogP contribution in [-0.2, 0) is 4.79 Å². The minimum Gasteiger partial charge on any atom is -0.481 e. The summed E-state index contributed by atoms with van der Waals surface area (Å²) in [5.74, 6) is -1.42. The largest absolute Gasteiger partial charge is 0.481 e. The molecule has 19 heavy (non-hydrogen) atoms. The lowest BCUT2D eigenvalue weighted by Gasteiger charge is -2.30. The first-order valence-corrected chi connectivity index (χ1v) is 8.00. The second kappa shape index (κ2) is 7.62. The molecule has 2 amide bonds. The van der Waals surface area contributed by atoms with Crippen molar-refractivity contribution in [2.45, 2.75) is 43.9 Å². The Hall–Kier alpha value is -0.910. The zero-order valence-electron chi connectivity index (χ0n) is 11.9. The van der Waals surface area contributed by atoms with Crippen molar-refractivity contribution in [1.82, 2.24) is 10.2 Å². The molecule has 0 aliphatic heterocycles. The number of carboxylic acid groups (broad SMARTS) is 1. The summed E-state index contributed by atoms with van der Waals surface area (Å²) in [5, 5.41) is 12.5. The van der Waals surface area contributed by atoms with Gasteiger partial charge in [-0.1, -0.05) is 13.3 Å². The highest BCUT2D eigenvalue weighted by molar-refractivity contribution is 7.99. The molecule has 6 heteroatoms. The molecule has 0 heterocycles. The van der Waals surface area contributed by atoms with Crippen LogP contribution < -0.4 is 5.32 Å². The Bertz CT molecular complexity index is 325. The number of carbonyl (C=O) groups excluding carboxylic acids is 1. The zero-order valence-corrected chi connectivity index (χ0v) is 12.7. The van der Waals surface area contributed by atoms with Crippen LogP contribution in [0.1, 0.15) is 32.6 Å². The average Bonchev–Trinajstić information content (AvgIpc) is 2.38. The molecular weight excluding hydrogens is 264 g/mol. The molecule has 3 atom stereocenters. The summed E-state index contributed by atoms with van der Waals surface area (Å²) < 4.78 is 0. The molecule has 0 aromatic rings. The SMILES string of the molecule is CSC1CCCC(NC(=O)N(C)CC(C)C(=O)O)C1. The number of aliphatic carboxylic acids is 1. The van der Waals surface area contributed by atoms with E-state index in [2.05, 4.69) is 11.6 Å². The molecule has 1 saturated carbocycles. The van der Waals surface area contributed by atoms with Gasteiger partial charge in [0.25, 0.3) is 0 Å². The highest BCUT2D eigenvalue weighted by Gasteiger charge is 2.24. The number of urea groups is 1.